The van der Waals surface area contributed by atoms with Crippen LogP contribution < -0.4 is 20.4 Å². The van der Waals surface area contributed by atoms with Gasteiger partial charge in [-0.2, -0.15) is 0 Å². The Morgan fingerprint density at radius 3 is 2.05 bits per heavy atom. The summed E-state index contributed by atoms with van der Waals surface area (Å²) in [5, 5.41) is 10.9. The molecule has 0 radical (unpaired) electrons. The summed E-state index contributed by atoms with van der Waals surface area (Å²) in [5.41, 5.74) is 6.29. The molecule has 7 rings (SSSR count). The monoisotopic (exact) mass is 766 g/mol. The Hall–Kier alpha value is -5.54. The van der Waals surface area contributed by atoms with Crippen LogP contribution >= 0.6 is 0 Å². The SMILES string of the molecule is CN1/C(=C/C=C/C=C/C2[NH+](CCCC(=O)NCCCNC(=O)CCN3C(=O)CCC3=O)c3ccc4ccccc4c3C2(C)C)C(C)(C)c2c1ccc1ccccc21. The van der Waals surface area contributed by atoms with Gasteiger partial charge in [0.1, 0.15) is 11.7 Å². The van der Waals surface area contributed by atoms with E-state index in [0.717, 1.165) is 17.9 Å². The van der Waals surface area contributed by atoms with Gasteiger partial charge < -0.3 is 15.5 Å². The fourth-order valence-corrected chi connectivity index (χ4v) is 9.46. The van der Waals surface area contributed by atoms with Gasteiger partial charge in [-0.1, -0.05) is 86.7 Å². The van der Waals surface area contributed by atoms with Gasteiger partial charge in [-0.15, -0.1) is 0 Å². The molecule has 1 fully saturated rings. The van der Waals surface area contributed by atoms with Crippen molar-refractivity contribution in [3.05, 3.63) is 120 Å². The number of benzene rings is 4. The predicted octanol–water partition coefficient (Wildman–Crippen LogP) is 6.53. The maximum atomic E-state index is 12.9. The van der Waals surface area contributed by atoms with E-state index in [-0.39, 0.29) is 66.3 Å². The first-order valence-electron chi connectivity index (χ1n) is 20.5. The molecule has 4 aromatic carbocycles. The Morgan fingerprint density at radius 2 is 1.37 bits per heavy atom. The smallest absolute Gasteiger partial charge is 0.229 e. The van der Waals surface area contributed by atoms with Crippen LogP contribution in [0.4, 0.5) is 11.4 Å². The molecular weight excluding hydrogens is 711 g/mol. The lowest BCUT2D eigenvalue weighted by Gasteiger charge is -2.27. The Balaban J connectivity index is 0.972. The molecular formula is C48H56N5O4+. The van der Waals surface area contributed by atoms with Gasteiger partial charge in [0.2, 0.25) is 23.6 Å². The number of hydrogen-bond acceptors (Lipinski definition) is 5. The Bertz CT molecular complexity index is 2290. The lowest BCUT2D eigenvalue weighted by atomic mass is 9.78. The number of rotatable bonds is 14. The molecule has 4 amide bonds. The molecule has 2 unspecified atom stereocenters. The van der Waals surface area contributed by atoms with Crippen molar-refractivity contribution in [2.45, 2.75) is 83.1 Å². The van der Waals surface area contributed by atoms with Crippen LogP contribution in [0.5, 0.6) is 0 Å². The van der Waals surface area contributed by atoms with Crippen LogP contribution in [0, 0.1) is 0 Å². The van der Waals surface area contributed by atoms with Gasteiger partial charge in [0.05, 0.1) is 12.0 Å². The fourth-order valence-electron chi connectivity index (χ4n) is 9.46. The van der Waals surface area contributed by atoms with Gasteiger partial charge in [-0.25, -0.2) is 0 Å². The summed E-state index contributed by atoms with van der Waals surface area (Å²) < 4.78 is 0. The van der Waals surface area contributed by atoms with E-state index >= 15 is 0 Å². The van der Waals surface area contributed by atoms with Crippen LogP contribution in [0.3, 0.4) is 0 Å². The Morgan fingerprint density at radius 1 is 0.754 bits per heavy atom. The molecule has 0 aromatic heterocycles. The third-order valence-corrected chi connectivity index (χ3v) is 12.3. The molecule has 1 saturated heterocycles. The molecule has 2 atom stereocenters. The van der Waals surface area contributed by atoms with Crippen LogP contribution in [0.1, 0.15) is 77.3 Å². The van der Waals surface area contributed by atoms with E-state index in [1.54, 1.807) is 0 Å². The Kier molecular flexibility index (Phi) is 11.5. The van der Waals surface area contributed by atoms with E-state index in [1.807, 2.05) is 0 Å². The van der Waals surface area contributed by atoms with Crippen LogP contribution in [0.25, 0.3) is 21.5 Å². The lowest BCUT2D eigenvalue weighted by Crippen LogP contribution is -3.10. The van der Waals surface area contributed by atoms with E-state index in [9.17, 15) is 19.2 Å². The third kappa shape index (κ3) is 7.90. The molecule has 296 valence electrons. The molecule has 0 saturated carbocycles. The van der Waals surface area contributed by atoms with Crippen molar-refractivity contribution < 1.29 is 24.1 Å². The van der Waals surface area contributed by atoms with Crippen molar-refractivity contribution in [3.63, 3.8) is 0 Å². The van der Waals surface area contributed by atoms with Crippen LogP contribution in [-0.4, -0.2) is 67.8 Å². The number of nitrogens with one attached hydrogen (secondary N) is 3. The summed E-state index contributed by atoms with van der Waals surface area (Å²) in [5.74, 6) is -0.634. The van der Waals surface area contributed by atoms with Gasteiger partial charge in [0.25, 0.3) is 0 Å². The van der Waals surface area contributed by atoms with Crippen molar-refractivity contribution in [3.8, 4) is 0 Å². The van der Waals surface area contributed by atoms with Crippen molar-refractivity contribution >= 4 is 56.5 Å². The number of carbonyl (C=O) groups is 4. The summed E-state index contributed by atoms with van der Waals surface area (Å²) in [6, 6.07) is 26.4. The standard InChI is InChI=1S/C48H55N5O4/c1-47(2)39(51(5)37-24-22-33-15-9-11-17-35(33)45(37)47)19-7-6-8-20-40-48(3,4)46-36-18-12-10-16-34(36)23-25-38(46)52(40)31-13-21-41(54)49-29-14-30-50-42(55)28-32-53-43(56)26-27-44(53)57/h6-12,15-20,22-25,40H,13-14,21,26-32H2,1-5H3,(H,49,54)(H,50,55)/p+1/b7-6+,20-8+,39-19+. The molecule has 3 heterocycles. The average Bonchev–Trinajstić information content (AvgIpc) is 3.71. The maximum absolute atomic E-state index is 12.9. The number of carbonyl (C=O) groups excluding carboxylic acids is 4. The molecule has 4 aromatic rings. The van der Waals surface area contributed by atoms with E-state index in [1.165, 1.54) is 54.6 Å². The zero-order chi connectivity index (χ0) is 40.3. The highest BCUT2D eigenvalue weighted by molar-refractivity contribution is 6.02. The lowest BCUT2D eigenvalue weighted by molar-refractivity contribution is -0.850. The van der Waals surface area contributed by atoms with Gasteiger partial charge in [0.15, 0.2) is 0 Å². The number of fused-ring (bicyclic) bond motifs is 6. The minimum Gasteiger partial charge on any atom is -0.356 e. The highest BCUT2D eigenvalue weighted by Gasteiger charge is 2.48. The van der Waals surface area contributed by atoms with Crippen molar-refractivity contribution in [2.75, 3.05) is 38.1 Å². The number of amides is 4. The number of quaternary nitrogens is 1. The first kappa shape index (κ1) is 39.7. The zero-order valence-electron chi connectivity index (χ0n) is 34.0. The maximum Gasteiger partial charge on any atom is 0.229 e. The van der Waals surface area contributed by atoms with Crippen molar-refractivity contribution in [1.82, 2.24) is 15.5 Å². The number of hydrogen-bond donors (Lipinski definition) is 3. The van der Waals surface area contributed by atoms with Crippen LogP contribution in [-0.2, 0) is 30.0 Å². The number of nitrogens with zero attached hydrogens (tertiary/aromatic N) is 2. The molecule has 3 aliphatic heterocycles. The van der Waals surface area contributed by atoms with Gasteiger partial charge >= 0.3 is 0 Å². The number of allylic oxidation sites excluding steroid dienone is 5. The summed E-state index contributed by atoms with van der Waals surface area (Å²) in [6.07, 6.45) is 13.4. The second kappa shape index (κ2) is 16.5. The minimum absolute atomic E-state index is 0.00184. The second-order valence-corrected chi connectivity index (χ2v) is 16.7. The third-order valence-electron chi connectivity index (χ3n) is 12.3. The number of anilines is 1. The quantitative estimate of drug-likeness (QED) is 0.0770. The van der Waals surface area contributed by atoms with Crippen molar-refractivity contribution in [2.24, 2.45) is 0 Å². The zero-order valence-corrected chi connectivity index (χ0v) is 34.0. The first-order valence-corrected chi connectivity index (χ1v) is 20.5. The van der Waals surface area contributed by atoms with Crippen LogP contribution in [0.15, 0.2) is 109 Å². The van der Waals surface area contributed by atoms with E-state index < -0.39 is 0 Å². The molecule has 9 nitrogen and oxygen atoms in total. The van der Waals surface area contributed by atoms with E-state index in [4.69, 9.17) is 0 Å². The van der Waals surface area contributed by atoms with Crippen molar-refractivity contribution in [1.29, 1.82) is 0 Å². The number of imide groups is 1. The Labute approximate surface area is 336 Å². The highest BCUT2D eigenvalue weighted by atomic mass is 16.2. The topological polar surface area (TPSA) is 103 Å². The van der Waals surface area contributed by atoms with Gasteiger partial charge in [-0.05, 0) is 71.7 Å². The molecule has 0 aliphatic carbocycles. The highest BCUT2D eigenvalue weighted by Crippen LogP contribution is 2.50. The average molecular weight is 767 g/mol. The van der Waals surface area contributed by atoms with Gasteiger partial charge in [0, 0.05) is 87.2 Å². The normalized spacial score (nSPS) is 20.4. The van der Waals surface area contributed by atoms with Gasteiger partial charge in [-0.3, -0.25) is 29.0 Å². The predicted molar refractivity (Wildman–Crippen MR) is 228 cm³/mol. The number of likely N-dealkylation sites (N-methyl/N-ethyl adjacent to an activating group) is 1. The molecule has 57 heavy (non-hydrogen) atoms. The largest absolute Gasteiger partial charge is 0.356 e. The fraction of sp³-hybridized carbons (Fsp3) is 0.375. The second-order valence-electron chi connectivity index (χ2n) is 16.7. The first-order chi connectivity index (χ1) is 27.4. The summed E-state index contributed by atoms with van der Waals surface area (Å²) in [4.78, 5) is 53.5. The summed E-state index contributed by atoms with van der Waals surface area (Å²) in [7, 11) is 2.16. The molecule has 3 aliphatic rings. The van der Waals surface area contributed by atoms with E-state index in [2.05, 4.69) is 153 Å². The molecule has 0 bridgehead atoms. The molecule has 0 spiro atoms. The van der Waals surface area contributed by atoms with E-state index in [0.29, 0.717) is 25.9 Å². The molecule has 3 N–H and O–H groups in total. The summed E-state index contributed by atoms with van der Waals surface area (Å²) >= 11 is 0. The summed E-state index contributed by atoms with van der Waals surface area (Å²) in [6.45, 7) is 11.1. The van der Waals surface area contributed by atoms with Crippen LogP contribution in [0.2, 0.25) is 0 Å². The molecule has 9 heteroatoms. The minimum atomic E-state index is -0.214. The number of likely N-dealkylation sites (tertiary alicyclic amines) is 1.